The summed E-state index contributed by atoms with van der Waals surface area (Å²) in [6, 6.07) is 15.2. The SMILES string of the molecule is CCc1cc(C)cc(CC)c1N=C(C)c1cccc(C(C)=Nc2c(CC)cc(C)cc2CC)n1.[Cl-].[Cl-].[V+2]. The van der Waals surface area contributed by atoms with Crippen molar-refractivity contribution in [1.82, 2.24) is 4.98 Å². The predicted molar refractivity (Wildman–Crippen MR) is 148 cm³/mol. The van der Waals surface area contributed by atoms with Gasteiger partial charge in [0, 0.05) is 0 Å². The fraction of sp³-hybridized carbons (Fsp3) is 0.387. The summed E-state index contributed by atoms with van der Waals surface area (Å²) in [5.74, 6) is 0. The molecule has 0 atom stereocenters. The van der Waals surface area contributed by atoms with Gasteiger partial charge in [0.15, 0.2) is 0 Å². The van der Waals surface area contributed by atoms with Gasteiger partial charge < -0.3 is 24.8 Å². The molecule has 0 bridgehead atoms. The first-order valence-corrected chi connectivity index (χ1v) is 12.6. The third-order valence-electron chi connectivity index (χ3n) is 6.40. The molecule has 6 heteroatoms. The quantitative estimate of drug-likeness (QED) is 0.380. The molecule has 3 aromatic rings. The number of aryl methyl sites for hydroxylation is 6. The van der Waals surface area contributed by atoms with Gasteiger partial charge in [0.2, 0.25) is 0 Å². The van der Waals surface area contributed by atoms with Crippen molar-refractivity contribution in [1.29, 1.82) is 0 Å². The van der Waals surface area contributed by atoms with Crippen molar-refractivity contribution < 1.29 is 43.4 Å². The second-order valence-electron chi connectivity index (χ2n) is 9.08. The number of nitrogens with zero attached hydrogens (tertiary/aromatic N) is 3. The second kappa shape index (κ2) is 16.1. The molecule has 3 nitrogen and oxygen atoms in total. The monoisotopic (exact) mass is 574 g/mol. The number of aromatic nitrogens is 1. The molecule has 0 spiro atoms. The van der Waals surface area contributed by atoms with E-state index in [4.69, 9.17) is 15.0 Å². The largest absolute Gasteiger partial charge is 2.00 e. The van der Waals surface area contributed by atoms with Crippen LogP contribution in [0, 0.1) is 13.8 Å². The molecular weight excluding hydrogens is 536 g/mol. The molecule has 37 heavy (non-hydrogen) atoms. The van der Waals surface area contributed by atoms with Crippen LogP contribution in [0.1, 0.15) is 86.3 Å². The van der Waals surface area contributed by atoms with Gasteiger partial charge in [-0.1, -0.05) is 69.2 Å². The summed E-state index contributed by atoms with van der Waals surface area (Å²) in [6.07, 6.45) is 3.87. The Balaban J connectivity index is 0.00000432. The minimum Gasteiger partial charge on any atom is -1.00 e. The van der Waals surface area contributed by atoms with Crippen LogP contribution in [-0.4, -0.2) is 16.4 Å². The van der Waals surface area contributed by atoms with Crippen LogP contribution in [0.5, 0.6) is 0 Å². The molecule has 0 amide bonds. The summed E-state index contributed by atoms with van der Waals surface area (Å²) in [5, 5.41) is 0. The third kappa shape index (κ3) is 8.55. The number of benzene rings is 2. The summed E-state index contributed by atoms with van der Waals surface area (Å²) in [4.78, 5) is 15.1. The van der Waals surface area contributed by atoms with Gasteiger partial charge >= 0.3 is 18.6 Å². The van der Waals surface area contributed by atoms with E-state index in [-0.39, 0.29) is 43.4 Å². The Kier molecular flexibility index (Phi) is 15.3. The smallest absolute Gasteiger partial charge is 1.00 e. The molecule has 0 unspecified atom stereocenters. The normalized spacial score (nSPS) is 11.4. The molecule has 0 saturated carbocycles. The van der Waals surface area contributed by atoms with E-state index in [2.05, 4.69) is 85.7 Å². The van der Waals surface area contributed by atoms with Crippen molar-refractivity contribution >= 4 is 22.8 Å². The molecule has 0 aliphatic heterocycles. The van der Waals surface area contributed by atoms with Crippen LogP contribution in [0.4, 0.5) is 11.4 Å². The van der Waals surface area contributed by atoms with Gasteiger partial charge in [-0.2, -0.15) is 0 Å². The van der Waals surface area contributed by atoms with Crippen LogP contribution >= 0.6 is 0 Å². The topological polar surface area (TPSA) is 37.6 Å². The zero-order chi connectivity index (χ0) is 24.8. The summed E-state index contributed by atoms with van der Waals surface area (Å²) in [5.41, 5.74) is 13.6. The first-order chi connectivity index (χ1) is 16.3. The first-order valence-electron chi connectivity index (χ1n) is 12.6. The number of rotatable bonds is 8. The van der Waals surface area contributed by atoms with Crippen LogP contribution in [0.3, 0.4) is 0 Å². The van der Waals surface area contributed by atoms with Gasteiger partial charge in [-0.25, -0.2) is 4.98 Å². The number of hydrogen-bond donors (Lipinski definition) is 0. The number of pyridine rings is 1. The number of hydrogen-bond acceptors (Lipinski definition) is 3. The maximum Gasteiger partial charge on any atom is 2.00 e. The zero-order valence-electron chi connectivity index (χ0n) is 23.4. The molecule has 197 valence electrons. The van der Waals surface area contributed by atoms with E-state index in [1.807, 2.05) is 12.1 Å². The Morgan fingerprint density at radius 3 is 1.19 bits per heavy atom. The minimum atomic E-state index is 0. The molecule has 1 heterocycles. The molecule has 0 aliphatic rings. The second-order valence-corrected chi connectivity index (χ2v) is 9.08. The van der Waals surface area contributed by atoms with Crippen molar-refractivity contribution in [3.8, 4) is 0 Å². The van der Waals surface area contributed by atoms with Gasteiger partial charge in [0.25, 0.3) is 0 Å². The van der Waals surface area contributed by atoms with Crippen LogP contribution in [0.15, 0.2) is 52.4 Å². The van der Waals surface area contributed by atoms with Gasteiger partial charge in [-0.15, -0.1) is 0 Å². The molecule has 1 radical (unpaired) electrons. The minimum absolute atomic E-state index is 0. The van der Waals surface area contributed by atoms with Crippen LogP contribution in [0.25, 0.3) is 0 Å². The van der Waals surface area contributed by atoms with Crippen molar-refractivity contribution in [3.05, 3.63) is 87.2 Å². The van der Waals surface area contributed by atoms with E-state index < -0.39 is 0 Å². The van der Waals surface area contributed by atoms with Crippen LogP contribution in [0.2, 0.25) is 0 Å². The fourth-order valence-electron chi connectivity index (χ4n) is 4.52. The molecule has 0 N–H and O–H groups in total. The Bertz CT molecular complexity index is 1110. The summed E-state index contributed by atoms with van der Waals surface area (Å²) in [6.45, 7) is 17.2. The van der Waals surface area contributed by atoms with E-state index in [0.717, 1.165) is 59.9 Å². The maximum absolute atomic E-state index is 5.08. The average Bonchev–Trinajstić information content (AvgIpc) is 2.85. The van der Waals surface area contributed by atoms with Gasteiger partial charge in [-0.3, -0.25) is 9.98 Å². The molecule has 1 aromatic heterocycles. The fourth-order valence-corrected chi connectivity index (χ4v) is 4.52. The van der Waals surface area contributed by atoms with E-state index in [9.17, 15) is 0 Å². The van der Waals surface area contributed by atoms with Crippen molar-refractivity contribution in [2.45, 2.75) is 81.1 Å². The Labute approximate surface area is 248 Å². The van der Waals surface area contributed by atoms with Crippen LogP contribution < -0.4 is 24.8 Å². The molecule has 0 aliphatic carbocycles. The van der Waals surface area contributed by atoms with Crippen molar-refractivity contribution in [3.63, 3.8) is 0 Å². The average molecular weight is 576 g/mol. The van der Waals surface area contributed by atoms with Gasteiger partial charge in [0.1, 0.15) is 0 Å². The first kappa shape index (κ1) is 35.1. The summed E-state index contributed by atoms with van der Waals surface area (Å²) in [7, 11) is 0. The molecule has 0 saturated heterocycles. The molecule has 2 aromatic carbocycles. The zero-order valence-corrected chi connectivity index (χ0v) is 26.3. The van der Waals surface area contributed by atoms with Gasteiger partial charge in [-0.05, 0) is 87.8 Å². The van der Waals surface area contributed by atoms with E-state index in [1.54, 1.807) is 0 Å². The van der Waals surface area contributed by atoms with E-state index >= 15 is 0 Å². The number of aliphatic imine (C=N–C) groups is 2. The van der Waals surface area contributed by atoms with Gasteiger partial charge in [0.05, 0.1) is 34.2 Å². The van der Waals surface area contributed by atoms with Crippen molar-refractivity contribution in [2.75, 3.05) is 0 Å². The summed E-state index contributed by atoms with van der Waals surface area (Å²) >= 11 is 0. The molecule has 0 fully saturated rings. The van der Waals surface area contributed by atoms with E-state index in [0.29, 0.717) is 0 Å². The number of halogens is 2. The predicted octanol–water partition coefficient (Wildman–Crippen LogP) is 2.23. The Morgan fingerprint density at radius 2 is 0.919 bits per heavy atom. The Morgan fingerprint density at radius 1 is 0.622 bits per heavy atom. The standard InChI is InChI=1S/C31H39N3.2ClH.V/c1-9-24-16-20(5)17-25(10-2)30(24)32-22(7)28-14-13-15-29(34-28)23(8)33-31-26(11-3)18-21(6)19-27(31)12-4;;;/h13-19H,9-12H2,1-8H3;2*1H;/q;;;+2/p-2. The maximum atomic E-state index is 5.08. The molecule has 3 rings (SSSR count). The molecular formula is C31H39Cl2N3V. The van der Waals surface area contributed by atoms with E-state index in [1.165, 1.54) is 33.4 Å². The van der Waals surface area contributed by atoms with Crippen LogP contribution in [-0.2, 0) is 44.2 Å². The van der Waals surface area contributed by atoms with Crippen molar-refractivity contribution in [2.24, 2.45) is 9.98 Å². The third-order valence-corrected chi connectivity index (χ3v) is 6.40. The Hall–Kier alpha value is -1.91. The summed E-state index contributed by atoms with van der Waals surface area (Å²) < 4.78 is 0.